The number of piperidine rings is 2. The standard InChI is InChI=1S/C31H35NO2.C31H37NO2.C30H33NO2.C30H35NO2/c33-21-5-10-30(24-6-2-1-3-7-24)31(25-11-15-29(34)16-12-25)27-9-4-8-26(22-27)23-17-19-32(20-18-23)28-13-14-28;1-23(2)32-19-17-24(18-20-32)27-10-6-11-28(22-27)31(26-13-15-29(34)16-14-26)30(12-7-21-33)25-8-4-3-5-9-25;32-19-5-10-29(23-6-2-1-3-7-23)30(25-8-4-9-28(33)20-25)24-13-11-22(12-14-24)26-17-18-31(21-26)27-15-16-27;1-22(2)31-18-17-27(21-31)23-13-15-25(16-14-23)30(26-10-6-11-28(33)20-26)29(12-7-19-32)24-8-4-3-5-9-24/h1-4,6-9,11-12,15-16,22-23,28,33-34H,5,10,13-14,17-21H2;3-6,8-11,13-16,22-24,33-34H,7,12,17-21H2,1-2H3;1-4,6-9,11-14,20,26-27,32-33H,5,10,15-19,21H2;3-6,8-11,13-16,20,22,27,32-33H,7,12,17-19,21H2,1-2H3/b2*31-30-;2*30-29+. The van der Waals surface area contributed by atoms with Crippen molar-refractivity contribution in [3.05, 3.63) is 404 Å². The minimum absolute atomic E-state index is 0.149. The number of phenols is 4. The van der Waals surface area contributed by atoms with E-state index in [1.54, 1.807) is 36.4 Å². The van der Waals surface area contributed by atoms with Crippen molar-refractivity contribution in [1.29, 1.82) is 0 Å². The fraction of sp³-hybridized carbons (Fsp3) is 0.344. The Labute approximate surface area is 797 Å². The predicted octanol–water partition coefficient (Wildman–Crippen LogP) is 25.6. The Hall–Kier alpha value is -11.5. The van der Waals surface area contributed by atoms with Crippen molar-refractivity contribution in [2.24, 2.45) is 0 Å². The van der Waals surface area contributed by atoms with Crippen LogP contribution in [0, 0.1) is 0 Å². The van der Waals surface area contributed by atoms with Crippen LogP contribution in [0.4, 0.5) is 0 Å². The maximum Gasteiger partial charge on any atom is 0.116 e. The number of hydrogen-bond acceptors (Lipinski definition) is 12. The summed E-state index contributed by atoms with van der Waals surface area (Å²) in [5.41, 5.74) is 28.7. The zero-order valence-electron chi connectivity index (χ0n) is 79.2. The number of aromatic hydroxyl groups is 4. The Balaban J connectivity index is 0.000000136. The van der Waals surface area contributed by atoms with E-state index in [2.05, 4.69) is 254 Å². The Bertz CT molecular complexity index is 5450. The molecule has 134 heavy (non-hydrogen) atoms. The van der Waals surface area contributed by atoms with E-state index in [1.807, 2.05) is 72.8 Å². The van der Waals surface area contributed by atoms with E-state index in [9.17, 15) is 40.9 Å². The molecule has 4 aliphatic heterocycles. The third kappa shape index (κ3) is 26.1. The summed E-state index contributed by atoms with van der Waals surface area (Å²) in [4.78, 5) is 10.5. The molecule has 12 heteroatoms. The molecule has 0 bridgehead atoms. The minimum atomic E-state index is 0.149. The quantitative estimate of drug-likeness (QED) is 0.0188. The average molecular weight is 1790 g/mol. The number of phenolic OH excluding ortho intramolecular Hbond substituents is 4. The number of hydrogen-bond donors (Lipinski definition) is 8. The SMILES string of the molecule is CC(C)N1CCC(c2ccc(/C(=C(/CCCO)c3ccccc3)c3cccc(O)c3)cc2)C1.CC(C)N1CCC(c2cccc(/C(=C(/CCCO)c3ccccc3)c3ccc(O)cc3)c2)CC1.OCCC/C(=C(/c1ccc(C2CCN(C3CC3)C2)cc1)c1cccc(O)c1)c1ccccc1.OCCC/C(=C(\c1ccc(O)cc1)c1cccc(C2CCN(C3CC3)CC2)c1)c1ccccc1. The first-order valence-corrected chi connectivity index (χ1v) is 49.7. The summed E-state index contributed by atoms with van der Waals surface area (Å²) in [5, 5.41) is 78.8. The number of allylic oxidation sites excluding steroid dienone is 4. The molecule has 6 aliphatic rings. The van der Waals surface area contributed by atoms with Crippen molar-refractivity contribution >= 4 is 44.6 Å². The van der Waals surface area contributed by atoms with Crippen molar-refractivity contribution in [2.75, 3.05) is 78.8 Å². The van der Waals surface area contributed by atoms with Gasteiger partial charge >= 0.3 is 0 Å². The molecule has 0 amide bonds. The van der Waals surface area contributed by atoms with E-state index in [0.717, 1.165) is 120 Å². The van der Waals surface area contributed by atoms with Crippen molar-refractivity contribution < 1.29 is 40.9 Å². The van der Waals surface area contributed by atoms with Gasteiger partial charge in [-0.3, -0.25) is 4.90 Å². The van der Waals surface area contributed by atoms with E-state index >= 15 is 0 Å². The first-order valence-electron chi connectivity index (χ1n) is 49.7. The Kier molecular flexibility index (Phi) is 35.2. The monoisotopic (exact) mass is 1790 g/mol. The van der Waals surface area contributed by atoms with Gasteiger partial charge in [0.05, 0.1) is 0 Å². The summed E-state index contributed by atoms with van der Waals surface area (Å²) in [6, 6.07) is 111. The van der Waals surface area contributed by atoms with Crippen molar-refractivity contribution in [3.63, 3.8) is 0 Å². The maximum absolute atomic E-state index is 10.2. The van der Waals surface area contributed by atoms with Gasteiger partial charge in [0, 0.05) is 63.7 Å². The molecule has 12 aromatic carbocycles. The summed E-state index contributed by atoms with van der Waals surface area (Å²) >= 11 is 0. The second kappa shape index (κ2) is 48.6. The molecule has 12 aromatic rings. The lowest BCUT2D eigenvalue weighted by molar-refractivity contribution is 0.172. The highest BCUT2D eigenvalue weighted by molar-refractivity contribution is 6.02. The third-order valence-electron chi connectivity index (χ3n) is 28.3. The second-order valence-corrected chi connectivity index (χ2v) is 38.1. The Morgan fingerprint density at radius 1 is 0.239 bits per heavy atom. The van der Waals surface area contributed by atoms with E-state index in [1.165, 1.54) is 168 Å². The van der Waals surface area contributed by atoms with Gasteiger partial charge in [0.15, 0.2) is 0 Å². The van der Waals surface area contributed by atoms with Gasteiger partial charge in [0.1, 0.15) is 23.0 Å². The summed E-state index contributed by atoms with van der Waals surface area (Å²) in [6.07, 6.45) is 18.7. The molecule has 4 heterocycles. The van der Waals surface area contributed by atoms with Crippen LogP contribution in [0.15, 0.2) is 315 Å². The topological polar surface area (TPSA) is 175 Å². The summed E-state index contributed by atoms with van der Waals surface area (Å²) in [5.74, 6) is 3.45. The number of aliphatic hydroxyl groups is 4. The fourth-order valence-corrected chi connectivity index (χ4v) is 20.8. The van der Waals surface area contributed by atoms with Gasteiger partial charge in [-0.15, -0.1) is 0 Å². The maximum atomic E-state index is 10.2. The zero-order chi connectivity index (χ0) is 93.1. The highest BCUT2D eigenvalue weighted by Gasteiger charge is 2.36. The molecule has 696 valence electrons. The van der Waals surface area contributed by atoms with Crippen LogP contribution in [0.5, 0.6) is 23.0 Å². The Morgan fingerprint density at radius 2 is 0.515 bits per heavy atom. The van der Waals surface area contributed by atoms with E-state index < -0.39 is 0 Å². The molecule has 8 N–H and O–H groups in total. The van der Waals surface area contributed by atoms with Crippen LogP contribution in [0.25, 0.3) is 44.6 Å². The number of likely N-dealkylation sites (tertiary alicyclic amines) is 4. The molecule has 2 atom stereocenters. The first kappa shape index (κ1) is 97.0. The molecule has 0 radical (unpaired) electrons. The summed E-state index contributed by atoms with van der Waals surface area (Å²) in [6.45, 7) is 19.2. The van der Waals surface area contributed by atoms with Gasteiger partial charge < -0.3 is 55.6 Å². The average Bonchev–Trinajstić information content (AvgIpc) is 0.855. The number of rotatable bonds is 32. The molecule has 18 rings (SSSR count). The molecule has 2 saturated carbocycles. The van der Waals surface area contributed by atoms with Crippen LogP contribution < -0.4 is 0 Å². The van der Waals surface area contributed by atoms with E-state index in [-0.39, 0.29) is 49.4 Å². The van der Waals surface area contributed by atoms with Crippen LogP contribution in [-0.4, -0.2) is 163 Å². The largest absolute Gasteiger partial charge is 0.508 e. The van der Waals surface area contributed by atoms with Gasteiger partial charge in [-0.2, -0.15) is 0 Å². The Morgan fingerprint density at radius 3 is 0.836 bits per heavy atom. The van der Waals surface area contributed by atoms with Crippen molar-refractivity contribution in [2.45, 2.75) is 191 Å². The predicted molar refractivity (Wildman–Crippen MR) is 554 cm³/mol. The molecular weight excluding hydrogens is 1650 g/mol. The second-order valence-electron chi connectivity index (χ2n) is 38.1. The summed E-state index contributed by atoms with van der Waals surface area (Å²) in [7, 11) is 0. The fourth-order valence-electron chi connectivity index (χ4n) is 20.8. The summed E-state index contributed by atoms with van der Waals surface area (Å²) < 4.78 is 0. The van der Waals surface area contributed by atoms with Crippen LogP contribution in [0.2, 0.25) is 0 Å². The molecule has 0 aromatic heterocycles. The van der Waals surface area contributed by atoms with Crippen LogP contribution in [0.1, 0.15) is 256 Å². The number of nitrogens with zero attached hydrogens (tertiary/aromatic N) is 4. The molecule has 12 nitrogen and oxygen atoms in total. The first-order chi connectivity index (χ1) is 65.6. The van der Waals surface area contributed by atoms with Crippen LogP contribution >= 0.6 is 0 Å². The molecule has 2 unspecified atom stereocenters. The highest BCUT2D eigenvalue weighted by Crippen LogP contribution is 2.46. The number of aliphatic hydroxyl groups excluding tert-OH is 4. The minimum Gasteiger partial charge on any atom is -0.508 e. The lowest BCUT2D eigenvalue weighted by atomic mass is 9.84. The third-order valence-corrected chi connectivity index (χ3v) is 28.3. The van der Waals surface area contributed by atoms with E-state index in [0.29, 0.717) is 61.4 Å². The molecule has 6 fully saturated rings. The molecule has 0 spiro atoms. The molecule has 4 saturated heterocycles. The molecular formula is C122H140N4O8. The van der Waals surface area contributed by atoms with Crippen LogP contribution in [-0.2, 0) is 0 Å². The van der Waals surface area contributed by atoms with Crippen molar-refractivity contribution in [3.8, 4) is 23.0 Å². The highest BCUT2D eigenvalue weighted by atomic mass is 16.3. The van der Waals surface area contributed by atoms with Gasteiger partial charge in [-0.25, -0.2) is 0 Å². The lowest BCUT2D eigenvalue weighted by Gasteiger charge is -2.35. The zero-order valence-corrected chi connectivity index (χ0v) is 79.2. The van der Waals surface area contributed by atoms with E-state index in [4.69, 9.17) is 0 Å². The van der Waals surface area contributed by atoms with Gasteiger partial charge in [-0.05, 0) is 388 Å². The normalized spacial score (nSPS) is 17.7. The van der Waals surface area contributed by atoms with Gasteiger partial charge in [-0.1, -0.05) is 267 Å². The lowest BCUT2D eigenvalue weighted by Crippen LogP contribution is -2.37. The molecule has 2 aliphatic carbocycles. The smallest absolute Gasteiger partial charge is 0.116 e. The number of benzene rings is 12. The van der Waals surface area contributed by atoms with Crippen LogP contribution in [0.3, 0.4) is 0 Å². The van der Waals surface area contributed by atoms with Gasteiger partial charge in [0.2, 0.25) is 0 Å². The van der Waals surface area contributed by atoms with Gasteiger partial charge in [0.25, 0.3) is 0 Å². The van der Waals surface area contributed by atoms with Crippen molar-refractivity contribution in [1.82, 2.24) is 19.6 Å².